The Morgan fingerprint density at radius 1 is 1.32 bits per heavy atom. The lowest BCUT2D eigenvalue weighted by atomic mass is 9.51. The monoisotopic (exact) mass is 385 g/mol. The fourth-order valence-electron chi connectivity index (χ4n) is 7.85. The van der Waals surface area contributed by atoms with Crippen molar-refractivity contribution < 1.29 is 14.3 Å². The zero-order valence-corrected chi connectivity index (χ0v) is 17.9. The van der Waals surface area contributed by atoms with Crippen LogP contribution in [-0.4, -0.2) is 44.7 Å². The van der Waals surface area contributed by atoms with E-state index in [0.29, 0.717) is 17.8 Å². The standard InChI is InChI=1S/C24H35NO3/c1-15(2)20-9-10-23(14-28-20)17-7-5-16-6-8-18-19(22(26)27-4)11-24(23,21(16)18)13-25(3)12-17/h9,15,17-19H,5-8,10-14H2,1-4H3/t17-,18-,19-,23?,24-/m1/s1. The minimum Gasteiger partial charge on any atom is -0.497 e. The average molecular weight is 386 g/mol. The Bertz CT molecular complexity index is 753. The minimum absolute atomic E-state index is 0.0104. The molecule has 2 aliphatic heterocycles. The van der Waals surface area contributed by atoms with Crippen LogP contribution in [0.1, 0.15) is 52.4 Å². The van der Waals surface area contributed by atoms with Gasteiger partial charge in [-0.15, -0.1) is 0 Å². The number of nitrogens with zero attached hydrogens (tertiary/aromatic N) is 1. The average Bonchev–Trinajstić information content (AvgIpc) is 3.22. The van der Waals surface area contributed by atoms with Crippen molar-refractivity contribution in [2.75, 3.05) is 33.9 Å². The van der Waals surface area contributed by atoms with Crippen molar-refractivity contribution >= 4 is 5.97 Å². The highest BCUT2D eigenvalue weighted by atomic mass is 16.5. The van der Waals surface area contributed by atoms with Crippen molar-refractivity contribution in [1.82, 2.24) is 4.90 Å². The van der Waals surface area contributed by atoms with Crippen molar-refractivity contribution in [3.63, 3.8) is 0 Å². The van der Waals surface area contributed by atoms with Crippen molar-refractivity contribution in [2.45, 2.75) is 52.4 Å². The van der Waals surface area contributed by atoms with Gasteiger partial charge < -0.3 is 14.4 Å². The van der Waals surface area contributed by atoms with Crippen LogP contribution in [0.25, 0.3) is 0 Å². The summed E-state index contributed by atoms with van der Waals surface area (Å²) in [6, 6.07) is 0. The number of allylic oxidation sites excluding steroid dienone is 3. The number of carbonyl (C=O) groups excluding carboxylic acids is 1. The van der Waals surface area contributed by atoms with Gasteiger partial charge in [0, 0.05) is 29.8 Å². The van der Waals surface area contributed by atoms with Crippen LogP contribution in [0.2, 0.25) is 0 Å². The smallest absolute Gasteiger partial charge is 0.309 e. The fraction of sp³-hybridized carbons (Fsp3) is 0.792. The normalized spacial score (nSPS) is 42.3. The molecule has 3 aliphatic carbocycles. The Hall–Kier alpha value is -1.29. The molecule has 0 aromatic rings. The summed E-state index contributed by atoms with van der Waals surface area (Å²) in [4.78, 5) is 15.3. The summed E-state index contributed by atoms with van der Waals surface area (Å²) in [5.74, 6) is 2.70. The Balaban J connectivity index is 1.66. The number of methoxy groups -OCH3 is 1. The Morgan fingerprint density at radius 3 is 2.79 bits per heavy atom. The molecule has 4 nitrogen and oxygen atoms in total. The summed E-state index contributed by atoms with van der Waals surface area (Å²) < 4.78 is 11.8. The summed E-state index contributed by atoms with van der Waals surface area (Å²) in [5.41, 5.74) is 3.57. The third-order valence-electron chi connectivity index (χ3n) is 8.92. The van der Waals surface area contributed by atoms with Gasteiger partial charge in [0.05, 0.1) is 25.4 Å². The molecule has 2 fully saturated rings. The first kappa shape index (κ1) is 18.7. The van der Waals surface area contributed by atoms with E-state index in [4.69, 9.17) is 9.47 Å². The molecule has 0 amide bonds. The van der Waals surface area contributed by atoms with Gasteiger partial charge in [-0.2, -0.15) is 0 Å². The number of likely N-dealkylation sites (tertiary alicyclic amines) is 1. The summed E-state index contributed by atoms with van der Waals surface area (Å²) in [6.07, 6.45) is 9.29. The topological polar surface area (TPSA) is 38.8 Å². The second-order valence-electron chi connectivity index (χ2n) is 10.4. The number of esters is 1. The molecule has 4 heteroatoms. The number of hydrogen-bond acceptors (Lipinski definition) is 4. The SMILES string of the molecule is COC(=O)[C@@H]1C[C@@]23CN(C)C[C@@H](CCC4=C2[C@@H]1CC4)C31CC=C(C(C)C)OC1. The molecule has 1 unspecified atom stereocenters. The zero-order valence-electron chi connectivity index (χ0n) is 17.9. The summed E-state index contributed by atoms with van der Waals surface area (Å²) >= 11 is 0. The van der Waals surface area contributed by atoms with Crippen molar-refractivity contribution in [2.24, 2.45) is 34.5 Å². The molecule has 5 rings (SSSR count). The molecular formula is C24H35NO3. The molecule has 5 atom stereocenters. The van der Waals surface area contributed by atoms with Gasteiger partial charge in [0.2, 0.25) is 0 Å². The van der Waals surface area contributed by atoms with Crippen LogP contribution in [0, 0.1) is 34.5 Å². The van der Waals surface area contributed by atoms with Gasteiger partial charge in [0.1, 0.15) is 0 Å². The highest BCUT2D eigenvalue weighted by molar-refractivity contribution is 5.75. The summed E-state index contributed by atoms with van der Waals surface area (Å²) in [6.45, 7) is 7.50. The second kappa shape index (κ2) is 6.35. The van der Waals surface area contributed by atoms with Crippen LogP contribution in [0.5, 0.6) is 0 Å². The summed E-state index contributed by atoms with van der Waals surface area (Å²) in [7, 11) is 3.84. The number of piperidine rings is 1. The van der Waals surface area contributed by atoms with E-state index < -0.39 is 0 Å². The van der Waals surface area contributed by atoms with Gasteiger partial charge in [0.25, 0.3) is 0 Å². The molecular weight excluding hydrogens is 350 g/mol. The lowest BCUT2D eigenvalue weighted by Crippen LogP contribution is -2.61. The molecule has 1 saturated carbocycles. The van der Waals surface area contributed by atoms with E-state index in [1.165, 1.54) is 19.3 Å². The third-order valence-corrected chi connectivity index (χ3v) is 8.92. The van der Waals surface area contributed by atoms with Crippen LogP contribution >= 0.6 is 0 Å². The maximum absolute atomic E-state index is 12.8. The largest absolute Gasteiger partial charge is 0.497 e. The first-order chi connectivity index (χ1) is 13.4. The van der Waals surface area contributed by atoms with Crippen molar-refractivity contribution in [3.05, 3.63) is 23.0 Å². The fourth-order valence-corrected chi connectivity index (χ4v) is 7.85. The molecule has 5 aliphatic rings. The van der Waals surface area contributed by atoms with Gasteiger partial charge >= 0.3 is 5.97 Å². The third kappa shape index (κ3) is 2.30. The molecule has 1 saturated heterocycles. The molecule has 2 spiro atoms. The first-order valence-corrected chi connectivity index (χ1v) is 11.2. The van der Waals surface area contributed by atoms with Crippen molar-refractivity contribution in [3.8, 4) is 0 Å². The molecule has 2 heterocycles. The zero-order chi connectivity index (χ0) is 19.7. The van der Waals surface area contributed by atoms with E-state index in [1.54, 1.807) is 18.3 Å². The van der Waals surface area contributed by atoms with Crippen LogP contribution in [0.15, 0.2) is 23.0 Å². The highest BCUT2D eigenvalue weighted by Crippen LogP contribution is 2.71. The first-order valence-electron chi connectivity index (χ1n) is 11.2. The van der Waals surface area contributed by atoms with Crippen molar-refractivity contribution in [1.29, 1.82) is 0 Å². The van der Waals surface area contributed by atoms with Gasteiger partial charge in [-0.3, -0.25) is 4.79 Å². The van der Waals surface area contributed by atoms with Crippen LogP contribution in [-0.2, 0) is 14.3 Å². The predicted molar refractivity (Wildman–Crippen MR) is 108 cm³/mol. The van der Waals surface area contributed by atoms with Crippen LogP contribution in [0.3, 0.4) is 0 Å². The lowest BCUT2D eigenvalue weighted by Gasteiger charge is -2.59. The summed E-state index contributed by atoms with van der Waals surface area (Å²) in [5, 5.41) is 0. The maximum atomic E-state index is 12.8. The molecule has 0 aromatic heterocycles. The van der Waals surface area contributed by atoms with E-state index >= 15 is 0 Å². The predicted octanol–water partition coefficient (Wildman–Crippen LogP) is 4.17. The van der Waals surface area contributed by atoms with Crippen LogP contribution < -0.4 is 0 Å². The molecule has 154 valence electrons. The Labute approximate surface area is 169 Å². The van der Waals surface area contributed by atoms with Gasteiger partial charge in [-0.1, -0.05) is 25.0 Å². The minimum atomic E-state index is 0.0104. The molecule has 28 heavy (non-hydrogen) atoms. The number of ether oxygens (including phenoxy) is 2. The highest BCUT2D eigenvalue weighted by Gasteiger charge is 2.68. The van der Waals surface area contributed by atoms with E-state index in [9.17, 15) is 4.79 Å². The Morgan fingerprint density at radius 2 is 2.11 bits per heavy atom. The van der Waals surface area contributed by atoms with Gasteiger partial charge in [-0.05, 0) is 63.5 Å². The molecule has 0 aromatic carbocycles. The molecule has 0 N–H and O–H groups in total. The lowest BCUT2D eigenvalue weighted by molar-refractivity contribution is -0.149. The Kier molecular flexibility index (Phi) is 4.25. The van der Waals surface area contributed by atoms with Gasteiger partial charge in [-0.25, -0.2) is 0 Å². The second-order valence-corrected chi connectivity index (χ2v) is 10.4. The van der Waals surface area contributed by atoms with Crippen LogP contribution in [0.4, 0.5) is 0 Å². The van der Waals surface area contributed by atoms with Gasteiger partial charge in [0.15, 0.2) is 0 Å². The van der Waals surface area contributed by atoms with E-state index in [1.807, 2.05) is 0 Å². The number of carbonyl (C=O) groups is 1. The number of hydrogen-bond donors (Lipinski definition) is 0. The quantitative estimate of drug-likeness (QED) is 0.528. The van der Waals surface area contributed by atoms with E-state index in [-0.39, 0.29) is 22.7 Å². The number of rotatable bonds is 2. The molecule has 2 bridgehead atoms. The van der Waals surface area contributed by atoms with E-state index in [0.717, 1.165) is 44.7 Å². The van der Waals surface area contributed by atoms with E-state index in [2.05, 4.69) is 31.9 Å². The maximum Gasteiger partial charge on any atom is 0.309 e. The molecule has 0 radical (unpaired) electrons.